The van der Waals surface area contributed by atoms with Crippen LogP contribution in [0.5, 0.6) is 0 Å². The van der Waals surface area contributed by atoms with E-state index in [-0.39, 0.29) is 7.33 Å². The number of unbranched alkanes of at least 4 members (excludes halogenated alkanes) is 7. The van der Waals surface area contributed by atoms with E-state index < -0.39 is 0 Å². The standard InChI is InChI=1S/C15H31NO.H2/c1-4-5-6-7-8-9-10-11-12-16-15(17)13-14(2)3;/h14H,4-13H2,1-3H3,(H,16,17);1H. The molecule has 0 aromatic rings. The molecular formula is C15H33NO. The molecule has 1 amide bonds. The van der Waals surface area contributed by atoms with Gasteiger partial charge in [-0.25, -0.2) is 0 Å². The molecule has 0 aromatic carbocycles. The summed E-state index contributed by atoms with van der Waals surface area (Å²) in [5.41, 5.74) is 0. The molecule has 0 unspecified atom stereocenters. The normalized spacial score (nSPS) is 10.8. The minimum absolute atomic E-state index is 0. The van der Waals surface area contributed by atoms with Gasteiger partial charge in [-0.15, -0.1) is 0 Å². The Morgan fingerprint density at radius 2 is 1.53 bits per heavy atom. The maximum atomic E-state index is 11.3. The van der Waals surface area contributed by atoms with Crippen LogP contribution in [-0.2, 0) is 4.79 Å². The molecule has 0 bridgehead atoms. The van der Waals surface area contributed by atoms with Gasteiger partial charge in [-0.2, -0.15) is 0 Å². The van der Waals surface area contributed by atoms with E-state index in [1.807, 2.05) is 0 Å². The first kappa shape index (κ1) is 16.5. The van der Waals surface area contributed by atoms with Crippen molar-refractivity contribution in [3.8, 4) is 0 Å². The predicted octanol–water partition coefficient (Wildman–Crippen LogP) is 4.54. The summed E-state index contributed by atoms with van der Waals surface area (Å²) in [5.74, 6) is 0.677. The van der Waals surface area contributed by atoms with E-state index >= 15 is 0 Å². The Kier molecular flexibility index (Phi) is 11.6. The summed E-state index contributed by atoms with van der Waals surface area (Å²) in [5, 5.41) is 2.99. The van der Waals surface area contributed by atoms with Crippen LogP contribution in [0.3, 0.4) is 0 Å². The molecule has 0 saturated carbocycles. The molecule has 0 heterocycles. The topological polar surface area (TPSA) is 29.1 Å². The molecule has 17 heavy (non-hydrogen) atoms. The van der Waals surface area contributed by atoms with Crippen molar-refractivity contribution < 1.29 is 6.22 Å². The van der Waals surface area contributed by atoms with Crippen LogP contribution in [0.2, 0.25) is 0 Å². The zero-order chi connectivity index (χ0) is 12.9. The molecule has 0 aliphatic heterocycles. The Bertz CT molecular complexity index is 183. The number of rotatable bonds is 11. The first-order valence-electron chi connectivity index (χ1n) is 7.43. The van der Waals surface area contributed by atoms with Crippen molar-refractivity contribution in [1.82, 2.24) is 5.32 Å². The van der Waals surface area contributed by atoms with Gasteiger partial charge >= 0.3 is 0 Å². The van der Waals surface area contributed by atoms with Crippen molar-refractivity contribution in [1.29, 1.82) is 0 Å². The van der Waals surface area contributed by atoms with E-state index in [0.717, 1.165) is 13.0 Å². The van der Waals surface area contributed by atoms with E-state index in [9.17, 15) is 4.79 Å². The summed E-state index contributed by atoms with van der Waals surface area (Å²) < 4.78 is 0. The molecule has 1 N–H and O–H groups in total. The summed E-state index contributed by atoms with van der Waals surface area (Å²) in [4.78, 5) is 11.3. The second kappa shape index (κ2) is 11.9. The SMILES string of the molecule is CCCCCCCCCCNC(=O)CC(C)C.[HH]. The highest BCUT2D eigenvalue weighted by Crippen LogP contribution is 2.08. The van der Waals surface area contributed by atoms with Crippen molar-refractivity contribution in [2.45, 2.75) is 78.6 Å². The molecule has 0 rings (SSSR count). The third kappa shape index (κ3) is 13.4. The summed E-state index contributed by atoms with van der Waals surface area (Å²) in [7, 11) is 0. The van der Waals surface area contributed by atoms with Crippen LogP contribution in [0.4, 0.5) is 0 Å². The first-order chi connectivity index (χ1) is 8.16. The number of nitrogens with one attached hydrogen (secondary N) is 1. The Hall–Kier alpha value is -0.530. The van der Waals surface area contributed by atoms with Gasteiger partial charge in [-0.1, -0.05) is 65.7 Å². The molecule has 0 radical (unpaired) electrons. The van der Waals surface area contributed by atoms with Gasteiger partial charge in [0.25, 0.3) is 0 Å². The number of hydrogen-bond acceptors (Lipinski definition) is 1. The van der Waals surface area contributed by atoms with Gasteiger partial charge in [0.15, 0.2) is 0 Å². The fourth-order valence-electron chi connectivity index (χ4n) is 1.93. The van der Waals surface area contributed by atoms with E-state index in [1.165, 1.54) is 44.9 Å². The minimum Gasteiger partial charge on any atom is -0.356 e. The number of carbonyl (C=O) groups excluding carboxylic acids is 1. The lowest BCUT2D eigenvalue weighted by Gasteiger charge is -2.06. The fraction of sp³-hybridized carbons (Fsp3) is 0.933. The summed E-state index contributed by atoms with van der Waals surface area (Å²) in [6.45, 7) is 7.27. The molecule has 2 nitrogen and oxygen atoms in total. The predicted molar refractivity (Wildman–Crippen MR) is 77.2 cm³/mol. The van der Waals surface area contributed by atoms with E-state index in [1.54, 1.807) is 0 Å². The second-order valence-electron chi connectivity index (χ2n) is 5.42. The Labute approximate surface area is 109 Å². The largest absolute Gasteiger partial charge is 0.356 e. The molecule has 0 spiro atoms. The molecule has 0 atom stereocenters. The zero-order valence-corrected chi connectivity index (χ0v) is 12.1. The van der Waals surface area contributed by atoms with Crippen LogP contribution in [0.15, 0.2) is 0 Å². The zero-order valence-electron chi connectivity index (χ0n) is 12.1. The third-order valence-corrected chi connectivity index (χ3v) is 2.95. The number of amides is 1. The average Bonchev–Trinajstić information content (AvgIpc) is 2.26. The molecule has 104 valence electrons. The van der Waals surface area contributed by atoms with Crippen LogP contribution in [0.1, 0.15) is 80.0 Å². The lowest BCUT2D eigenvalue weighted by molar-refractivity contribution is -0.121. The van der Waals surface area contributed by atoms with Gasteiger partial charge in [-0.3, -0.25) is 4.79 Å². The molecule has 0 aliphatic rings. The summed E-state index contributed by atoms with van der Waals surface area (Å²) >= 11 is 0. The van der Waals surface area contributed by atoms with Crippen LogP contribution in [0, 0.1) is 5.92 Å². The van der Waals surface area contributed by atoms with Gasteiger partial charge < -0.3 is 5.32 Å². The van der Waals surface area contributed by atoms with Gasteiger partial charge in [0.2, 0.25) is 5.91 Å². The molecule has 0 aromatic heterocycles. The number of hydrogen-bond donors (Lipinski definition) is 1. The van der Waals surface area contributed by atoms with E-state index in [0.29, 0.717) is 12.3 Å². The number of carbonyl (C=O) groups is 1. The highest BCUT2D eigenvalue weighted by molar-refractivity contribution is 5.75. The highest BCUT2D eigenvalue weighted by Gasteiger charge is 2.02. The van der Waals surface area contributed by atoms with Gasteiger partial charge in [0, 0.05) is 14.4 Å². The first-order valence-corrected chi connectivity index (χ1v) is 7.43. The Morgan fingerprint density at radius 1 is 1.00 bits per heavy atom. The Balaban J connectivity index is 0. The second-order valence-corrected chi connectivity index (χ2v) is 5.42. The molecule has 0 saturated heterocycles. The summed E-state index contributed by atoms with van der Waals surface area (Å²) in [6.07, 6.45) is 11.2. The smallest absolute Gasteiger partial charge is 0.220 e. The van der Waals surface area contributed by atoms with Crippen molar-refractivity contribution in [2.75, 3.05) is 6.54 Å². The van der Waals surface area contributed by atoms with Crippen molar-refractivity contribution in [2.24, 2.45) is 5.92 Å². The quantitative estimate of drug-likeness (QED) is 0.530. The van der Waals surface area contributed by atoms with Crippen LogP contribution < -0.4 is 5.32 Å². The maximum absolute atomic E-state index is 11.3. The van der Waals surface area contributed by atoms with Gasteiger partial charge in [0.1, 0.15) is 0 Å². The van der Waals surface area contributed by atoms with Crippen molar-refractivity contribution >= 4 is 5.91 Å². The van der Waals surface area contributed by atoms with Crippen molar-refractivity contribution in [3.05, 3.63) is 0 Å². The average molecular weight is 243 g/mol. The molecular weight excluding hydrogens is 210 g/mol. The monoisotopic (exact) mass is 243 g/mol. The third-order valence-electron chi connectivity index (χ3n) is 2.95. The fourth-order valence-corrected chi connectivity index (χ4v) is 1.93. The van der Waals surface area contributed by atoms with Gasteiger partial charge in [-0.05, 0) is 12.3 Å². The Morgan fingerprint density at radius 3 is 2.06 bits per heavy atom. The lowest BCUT2D eigenvalue weighted by Crippen LogP contribution is -2.25. The van der Waals surface area contributed by atoms with Gasteiger partial charge in [0.05, 0.1) is 0 Å². The highest BCUT2D eigenvalue weighted by atomic mass is 16.1. The van der Waals surface area contributed by atoms with Crippen LogP contribution in [0.25, 0.3) is 0 Å². The summed E-state index contributed by atoms with van der Waals surface area (Å²) in [6, 6.07) is 0. The lowest BCUT2D eigenvalue weighted by atomic mass is 10.1. The molecule has 2 heteroatoms. The van der Waals surface area contributed by atoms with Crippen LogP contribution >= 0.6 is 0 Å². The van der Waals surface area contributed by atoms with E-state index in [4.69, 9.17) is 0 Å². The maximum Gasteiger partial charge on any atom is 0.220 e. The molecule has 0 aliphatic carbocycles. The van der Waals surface area contributed by atoms with Crippen LogP contribution in [-0.4, -0.2) is 12.5 Å². The van der Waals surface area contributed by atoms with Crippen molar-refractivity contribution in [3.63, 3.8) is 0 Å². The van der Waals surface area contributed by atoms with E-state index in [2.05, 4.69) is 26.1 Å². The molecule has 0 fully saturated rings. The minimum atomic E-state index is 0.